The minimum Gasteiger partial charge on any atom is -0.395 e. The molecule has 0 atom stereocenters. The average molecular weight is 304 g/mol. The molecule has 8 nitrogen and oxygen atoms in total. The van der Waals surface area contributed by atoms with Gasteiger partial charge in [0.15, 0.2) is 0 Å². The summed E-state index contributed by atoms with van der Waals surface area (Å²) in [5.41, 5.74) is 0. The van der Waals surface area contributed by atoms with Crippen LogP contribution in [0.5, 0.6) is 0 Å². The van der Waals surface area contributed by atoms with Crippen molar-refractivity contribution in [1.82, 2.24) is 15.0 Å². The molecule has 1 aromatic rings. The van der Waals surface area contributed by atoms with Gasteiger partial charge in [0.25, 0.3) is 0 Å². The summed E-state index contributed by atoms with van der Waals surface area (Å²) < 4.78 is 5.28. The van der Waals surface area contributed by atoms with Crippen LogP contribution in [0.2, 0.25) is 5.28 Å². The molecule has 1 aliphatic heterocycles. The highest BCUT2D eigenvalue weighted by molar-refractivity contribution is 6.28. The van der Waals surface area contributed by atoms with Crippen molar-refractivity contribution in [3.63, 3.8) is 0 Å². The first kappa shape index (κ1) is 15.2. The fraction of sp³-hybridized carbons (Fsp3) is 0.727. The van der Waals surface area contributed by atoms with Crippen molar-refractivity contribution in [3.8, 4) is 0 Å². The monoisotopic (exact) mass is 303 g/mol. The highest BCUT2D eigenvalue weighted by Gasteiger charge is 2.18. The Labute approximate surface area is 122 Å². The van der Waals surface area contributed by atoms with Crippen LogP contribution in [0.3, 0.4) is 0 Å². The number of aliphatic hydroxyl groups excluding tert-OH is 2. The maximum absolute atomic E-state index is 9.06. The molecule has 1 fully saturated rings. The van der Waals surface area contributed by atoms with Gasteiger partial charge in [-0.3, -0.25) is 0 Å². The van der Waals surface area contributed by atoms with Crippen LogP contribution in [0, 0.1) is 0 Å². The fourth-order valence-electron chi connectivity index (χ4n) is 1.93. The zero-order valence-electron chi connectivity index (χ0n) is 11.1. The van der Waals surface area contributed by atoms with E-state index >= 15 is 0 Å². The second kappa shape index (κ2) is 7.53. The van der Waals surface area contributed by atoms with Gasteiger partial charge in [-0.2, -0.15) is 15.0 Å². The molecule has 1 saturated heterocycles. The van der Waals surface area contributed by atoms with E-state index in [-0.39, 0.29) is 18.5 Å². The molecule has 0 amide bonds. The van der Waals surface area contributed by atoms with Gasteiger partial charge in [-0.15, -0.1) is 0 Å². The minimum absolute atomic E-state index is 0.0593. The summed E-state index contributed by atoms with van der Waals surface area (Å²) in [5, 5.41) is 18.2. The van der Waals surface area contributed by atoms with Crippen molar-refractivity contribution in [3.05, 3.63) is 5.28 Å². The van der Waals surface area contributed by atoms with Crippen LogP contribution in [0.4, 0.5) is 11.9 Å². The van der Waals surface area contributed by atoms with E-state index < -0.39 is 0 Å². The van der Waals surface area contributed by atoms with Crippen molar-refractivity contribution >= 4 is 23.5 Å². The summed E-state index contributed by atoms with van der Waals surface area (Å²) in [7, 11) is 0. The molecule has 1 aromatic heterocycles. The van der Waals surface area contributed by atoms with Gasteiger partial charge >= 0.3 is 0 Å². The summed E-state index contributed by atoms with van der Waals surface area (Å²) in [6.45, 7) is 3.16. The Morgan fingerprint density at radius 1 is 1.10 bits per heavy atom. The van der Waals surface area contributed by atoms with Crippen LogP contribution in [0.1, 0.15) is 0 Å². The van der Waals surface area contributed by atoms with Gasteiger partial charge in [0.2, 0.25) is 17.2 Å². The lowest BCUT2D eigenvalue weighted by Crippen LogP contribution is -2.38. The predicted octanol–water partition coefficient (Wildman–Crippen LogP) is -0.847. The number of anilines is 2. The fourth-order valence-corrected chi connectivity index (χ4v) is 2.08. The number of hydrogen-bond acceptors (Lipinski definition) is 8. The van der Waals surface area contributed by atoms with E-state index in [0.29, 0.717) is 51.3 Å². The minimum atomic E-state index is -0.0593. The third-order valence-corrected chi connectivity index (χ3v) is 3.07. The lowest BCUT2D eigenvalue weighted by Gasteiger charge is -2.28. The van der Waals surface area contributed by atoms with E-state index in [1.54, 1.807) is 4.90 Å². The third kappa shape index (κ3) is 3.89. The zero-order chi connectivity index (χ0) is 14.4. The Bertz CT molecular complexity index is 425. The van der Waals surface area contributed by atoms with Crippen molar-refractivity contribution in [2.45, 2.75) is 0 Å². The summed E-state index contributed by atoms with van der Waals surface area (Å²) in [6.07, 6.45) is 0. The van der Waals surface area contributed by atoms with E-state index in [1.807, 2.05) is 4.90 Å². The largest absolute Gasteiger partial charge is 0.395 e. The molecule has 0 radical (unpaired) electrons. The van der Waals surface area contributed by atoms with E-state index in [1.165, 1.54) is 0 Å². The normalized spacial score (nSPS) is 15.4. The standard InChI is InChI=1S/C11H18ClN5O3/c12-9-13-10(16(1-5-18)2-6-19)15-11(14-9)17-3-7-20-8-4-17/h18-19H,1-8H2. The number of nitrogens with zero attached hydrogens (tertiary/aromatic N) is 5. The molecule has 0 unspecified atom stereocenters. The van der Waals surface area contributed by atoms with Gasteiger partial charge in [0, 0.05) is 26.2 Å². The quantitative estimate of drug-likeness (QED) is 0.702. The molecule has 9 heteroatoms. The molecule has 0 aliphatic carbocycles. The van der Waals surface area contributed by atoms with Crippen molar-refractivity contribution in [1.29, 1.82) is 0 Å². The smallest absolute Gasteiger partial charge is 0.231 e. The number of aromatic nitrogens is 3. The maximum atomic E-state index is 9.06. The Kier molecular flexibility index (Phi) is 5.72. The van der Waals surface area contributed by atoms with Crippen molar-refractivity contribution < 1.29 is 14.9 Å². The van der Waals surface area contributed by atoms with Crippen LogP contribution < -0.4 is 9.80 Å². The van der Waals surface area contributed by atoms with Gasteiger partial charge in [-0.25, -0.2) is 0 Å². The van der Waals surface area contributed by atoms with Crippen LogP contribution in [0.15, 0.2) is 0 Å². The highest BCUT2D eigenvalue weighted by atomic mass is 35.5. The summed E-state index contributed by atoms with van der Waals surface area (Å²) in [5.74, 6) is 0.846. The van der Waals surface area contributed by atoms with Crippen LogP contribution in [-0.2, 0) is 4.74 Å². The lowest BCUT2D eigenvalue weighted by molar-refractivity contribution is 0.122. The van der Waals surface area contributed by atoms with Gasteiger partial charge in [-0.05, 0) is 11.6 Å². The SMILES string of the molecule is OCCN(CCO)c1nc(Cl)nc(N2CCOCC2)n1. The molecule has 0 spiro atoms. The topological polar surface area (TPSA) is 94.8 Å². The second-order valence-corrected chi connectivity index (χ2v) is 4.58. The highest BCUT2D eigenvalue weighted by Crippen LogP contribution is 2.17. The van der Waals surface area contributed by atoms with Crippen molar-refractivity contribution in [2.24, 2.45) is 0 Å². The van der Waals surface area contributed by atoms with Gasteiger partial charge in [-0.1, -0.05) is 0 Å². The first-order chi connectivity index (χ1) is 9.74. The molecule has 20 heavy (non-hydrogen) atoms. The van der Waals surface area contributed by atoms with E-state index in [2.05, 4.69) is 15.0 Å². The molecule has 112 valence electrons. The molecule has 0 saturated carbocycles. The molecule has 2 rings (SSSR count). The Balaban J connectivity index is 2.21. The third-order valence-electron chi connectivity index (χ3n) is 2.90. The molecule has 1 aliphatic rings. The second-order valence-electron chi connectivity index (χ2n) is 4.24. The summed E-state index contributed by atoms with van der Waals surface area (Å²) in [4.78, 5) is 16.2. The van der Waals surface area contributed by atoms with Gasteiger partial charge in [0.1, 0.15) is 0 Å². The van der Waals surface area contributed by atoms with Crippen LogP contribution in [0.25, 0.3) is 0 Å². The Morgan fingerprint density at radius 2 is 1.75 bits per heavy atom. The molecule has 0 aromatic carbocycles. The summed E-state index contributed by atoms with van der Waals surface area (Å²) >= 11 is 5.94. The lowest BCUT2D eigenvalue weighted by atomic mass is 10.4. The first-order valence-electron chi connectivity index (χ1n) is 6.45. The summed E-state index contributed by atoms with van der Waals surface area (Å²) in [6, 6.07) is 0. The number of morpholine rings is 1. The first-order valence-corrected chi connectivity index (χ1v) is 6.83. The maximum Gasteiger partial charge on any atom is 0.231 e. The zero-order valence-corrected chi connectivity index (χ0v) is 11.8. The van der Waals surface area contributed by atoms with Gasteiger partial charge in [0.05, 0.1) is 26.4 Å². The van der Waals surface area contributed by atoms with Crippen LogP contribution in [-0.4, -0.2) is 77.8 Å². The number of hydrogen-bond donors (Lipinski definition) is 2. The van der Waals surface area contributed by atoms with Crippen LogP contribution >= 0.6 is 11.6 Å². The van der Waals surface area contributed by atoms with E-state index in [9.17, 15) is 0 Å². The number of halogens is 1. The van der Waals surface area contributed by atoms with Gasteiger partial charge < -0.3 is 24.7 Å². The molecule has 2 N–H and O–H groups in total. The molecule has 0 bridgehead atoms. The Morgan fingerprint density at radius 3 is 2.35 bits per heavy atom. The van der Waals surface area contributed by atoms with E-state index in [0.717, 1.165) is 0 Å². The number of rotatable bonds is 6. The number of aliphatic hydroxyl groups is 2. The van der Waals surface area contributed by atoms with E-state index in [4.69, 9.17) is 26.6 Å². The Hall–Kier alpha value is -1.22. The van der Waals surface area contributed by atoms with Crippen molar-refractivity contribution in [2.75, 3.05) is 62.4 Å². The average Bonchev–Trinajstić information content (AvgIpc) is 2.47. The number of ether oxygens (including phenoxy) is 1. The molecular weight excluding hydrogens is 286 g/mol. The molecule has 2 heterocycles. The molecular formula is C11H18ClN5O3. The predicted molar refractivity (Wildman–Crippen MR) is 74.3 cm³/mol.